The van der Waals surface area contributed by atoms with E-state index in [0.717, 1.165) is 0 Å². The largest absolute Gasteiger partial charge is 0.478 e. The molecule has 0 fully saturated rings. The number of hydrogen-bond acceptors (Lipinski definition) is 4. The van der Waals surface area contributed by atoms with Crippen LogP contribution >= 0.6 is 0 Å². The lowest BCUT2D eigenvalue weighted by atomic mass is 10.1. The van der Waals surface area contributed by atoms with Crippen LogP contribution in [0.5, 0.6) is 0 Å². The van der Waals surface area contributed by atoms with E-state index in [2.05, 4.69) is 10.1 Å². The number of anilines is 1. The Balaban J connectivity index is 2.22. The van der Waals surface area contributed by atoms with Crippen molar-refractivity contribution in [3.05, 3.63) is 48.2 Å². The summed E-state index contributed by atoms with van der Waals surface area (Å²) in [5.41, 5.74) is 7.49. The number of carboxylic acids is 1. The Bertz CT molecular complexity index is 779. The van der Waals surface area contributed by atoms with Crippen molar-refractivity contribution in [3.8, 4) is 11.4 Å². The van der Waals surface area contributed by atoms with Gasteiger partial charge in [0, 0.05) is 23.5 Å². The predicted molar refractivity (Wildman–Crippen MR) is 69.8 cm³/mol. The van der Waals surface area contributed by atoms with E-state index in [1.54, 1.807) is 41.0 Å². The lowest BCUT2D eigenvalue weighted by molar-refractivity contribution is 0.0697. The van der Waals surface area contributed by atoms with Crippen LogP contribution in [-0.2, 0) is 0 Å². The summed E-state index contributed by atoms with van der Waals surface area (Å²) in [6.07, 6.45) is 1.69. The molecular weight excluding hydrogens is 244 g/mol. The van der Waals surface area contributed by atoms with Crippen LogP contribution in [0.1, 0.15) is 10.4 Å². The van der Waals surface area contributed by atoms with Gasteiger partial charge in [-0.15, -0.1) is 5.10 Å². The molecule has 94 valence electrons. The minimum absolute atomic E-state index is 0.173. The fourth-order valence-corrected chi connectivity index (χ4v) is 1.88. The second-order valence-electron chi connectivity index (χ2n) is 4.05. The maximum atomic E-state index is 11.2. The fraction of sp³-hybridized carbons (Fsp3) is 0. The molecule has 0 aliphatic carbocycles. The van der Waals surface area contributed by atoms with E-state index in [9.17, 15) is 4.79 Å². The Hall–Kier alpha value is -2.89. The fourth-order valence-electron chi connectivity index (χ4n) is 1.88. The molecule has 1 aromatic carbocycles. The quantitative estimate of drug-likeness (QED) is 0.725. The molecule has 6 nitrogen and oxygen atoms in total. The average Bonchev–Trinajstić information content (AvgIpc) is 2.81. The number of nitrogen functional groups attached to an aromatic ring is 1. The van der Waals surface area contributed by atoms with Gasteiger partial charge >= 0.3 is 5.97 Å². The highest BCUT2D eigenvalue weighted by Gasteiger charge is 2.14. The van der Waals surface area contributed by atoms with E-state index >= 15 is 0 Å². The molecule has 2 aromatic heterocycles. The Labute approximate surface area is 108 Å². The van der Waals surface area contributed by atoms with Crippen LogP contribution in [0.3, 0.4) is 0 Å². The molecule has 0 saturated carbocycles. The summed E-state index contributed by atoms with van der Waals surface area (Å²) in [6.45, 7) is 0. The van der Waals surface area contributed by atoms with Gasteiger partial charge in [0.05, 0.1) is 5.56 Å². The molecular formula is C13H10N4O2. The molecule has 0 saturated heterocycles. The standard InChI is InChI=1S/C13H10N4O2/c14-8-5-6-17-11(7-8)15-12(16-17)9-3-1-2-4-10(9)13(18)19/h1-7H,14H2,(H,18,19). The number of hydrogen-bond donors (Lipinski definition) is 2. The summed E-state index contributed by atoms with van der Waals surface area (Å²) in [7, 11) is 0. The van der Waals surface area contributed by atoms with Gasteiger partial charge in [0.1, 0.15) is 0 Å². The molecule has 6 heteroatoms. The molecule has 0 atom stereocenters. The monoisotopic (exact) mass is 254 g/mol. The Morgan fingerprint density at radius 3 is 2.84 bits per heavy atom. The van der Waals surface area contributed by atoms with Gasteiger partial charge in [-0.25, -0.2) is 14.3 Å². The van der Waals surface area contributed by atoms with E-state index in [-0.39, 0.29) is 5.56 Å². The first-order valence-electron chi connectivity index (χ1n) is 5.60. The van der Waals surface area contributed by atoms with E-state index < -0.39 is 5.97 Å². The lowest BCUT2D eigenvalue weighted by Gasteiger charge is -2.00. The topological polar surface area (TPSA) is 93.5 Å². The second-order valence-corrected chi connectivity index (χ2v) is 4.05. The number of aromatic carboxylic acids is 1. The van der Waals surface area contributed by atoms with Crippen LogP contribution < -0.4 is 5.73 Å². The van der Waals surface area contributed by atoms with Crippen molar-refractivity contribution in [2.45, 2.75) is 0 Å². The maximum absolute atomic E-state index is 11.2. The van der Waals surface area contributed by atoms with Gasteiger partial charge < -0.3 is 10.8 Å². The Morgan fingerprint density at radius 2 is 2.05 bits per heavy atom. The van der Waals surface area contributed by atoms with Gasteiger partial charge in [-0.3, -0.25) is 0 Å². The number of nitrogens with zero attached hydrogens (tertiary/aromatic N) is 3. The highest BCUT2D eigenvalue weighted by molar-refractivity contribution is 5.95. The third kappa shape index (κ3) is 1.89. The minimum Gasteiger partial charge on any atom is -0.478 e. The van der Waals surface area contributed by atoms with Crippen LogP contribution in [0.15, 0.2) is 42.6 Å². The average molecular weight is 254 g/mol. The third-order valence-electron chi connectivity index (χ3n) is 2.76. The van der Waals surface area contributed by atoms with Gasteiger partial charge in [0.2, 0.25) is 0 Å². The SMILES string of the molecule is Nc1ccn2nc(-c3ccccc3C(=O)O)nc2c1. The molecule has 3 rings (SSSR count). The van der Waals surface area contributed by atoms with Gasteiger partial charge in [-0.2, -0.15) is 0 Å². The number of fused-ring (bicyclic) bond motifs is 1. The molecule has 19 heavy (non-hydrogen) atoms. The number of carbonyl (C=O) groups is 1. The Morgan fingerprint density at radius 1 is 1.26 bits per heavy atom. The van der Waals surface area contributed by atoms with E-state index in [0.29, 0.717) is 22.7 Å². The van der Waals surface area contributed by atoms with Crippen molar-refractivity contribution in [1.29, 1.82) is 0 Å². The minimum atomic E-state index is -1.01. The third-order valence-corrected chi connectivity index (χ3v) is 2.76. The first-order valence-corrected chi connectivity index (χ1v) is 5.60. The second kappa shape index (κ2) is 4.09. The molecule has 0 aliphatic rings. The molecule has 0 spiro atoms. The van der Waals surface area contributed by atoms with Gasteiger partial charge in [0.15, 0.2) is 11.5 Å². The zero-order chi connectivity index (χ0) is 13.4. The molecule has 2 heterocycles. The van der Waals surface area contributed by atoms with Crippen LogP contribution in [0.4, 0.5) is 5.69 Å². The van der Waals surface area contributed by atoms with Gasteiger partial charge in [-0.1, -0.05) is 18.2 Å². The summed E-state index contributed by atoms with van der Waals surface area (Å²) >= 11 is 0. The van der Waals surface area contributed by atoms with E-state index in [1.165, 1.54) is 6.07 Å². The molecule has 0 radical (unpaired) electrons. The van der Waals surface area contributed by atoms with Crippen molar-refractivity contribution in [2.24, 2.45) is 0 Å². The summed E-state index contributed by atoms with van der Waals surface area (Å²) in [5, 5.41) is 13.4. The lowest BCUT2D eigenvalue weighted by Crippen LogP contribution is -1.99. The number of rotatable bonds is 2. The predicted octanol–water partition coefficient (Wildman–Crippen LogP) is 1.68. The highest BCUT2D eigenvalue weighted by Crippen LogP contribution is 2.21. The van der Waals surface area contributed by atoms with Crippen LogP contribution in [0, 0.1) is 0 Å². The number of aromatic nitrogens is 3. The highest BCUT2D eigenvalue weighted by atomic mass is 16.4. The molecule has 0 amide bonds. The number of benzene rings is 1. The van der Waals surface area contributed by atoms with Crippen molar-refractivity contribution >= 4 is 17.3 Å². The first kappa shape index (κ1) is 11.2. The molecule has 3 N–H and O–H groups in total. The van der Waals surface area contributed by atoms with Crippen LogP contribution in [-0.4, -0.2) is 25.7 Å². The van der Waals surface area contributed by atoms with E-state index in [1.807, 2.05) is 0 Å². The van der Waals surface area contributed by atoms with Gasteiger partial charge in [-0.05, 0) is 12.1 Å². The molecule has 0 aliphatic heterocycles. The first-order chi connectivity index (χ1) is 9.15. The normalized spacial score (nSPS) is 10.7. The molecule has 0 unspecified atom stereocenters. The van der Waals surface area contributed by atoms with Crippen molar-refractivity contribution in [1.82, 2.24) is 14.6 Å². The van der Waals surface area contributed by atoms with Crippen LogP contribution in [0.25, 0.3) is 17.0 Å². The smallest absolute Gasteiger partial charge is 0.336 e. The summed E-state index contributed by atoms with van der Waals surface area (Å²) in [6, 6.07) is 10.0. The molecule has 3 aromatic rings. The number of carboxylic acid groups (broad SMARTS) is 1. The maximum Gasteiger partial charge on any atom is 0.336 e. The van der Waals surface area contributed by atoms with E-state index in [4.69, 9.17) is 10.8 Å². The summed E-state index contributed by atoms with van der Waals surface area (Å²) in [4.78, 5) is 15.5. The number of pyridine rings is 1. The summed E-state index contributed by atoms with van der Waals surface area (Å²) < 4.78 is 1.56. The van der Waals surface area contributed by atoms with Gasteiger partial charge in [0.25, 0.3) is 0 Å². The zero-order valence-corrected chi connectivity index (χ0v) is 9.82. The van der Waals surface area contributed by atoms with Crippen LogP contribution in [0.2, 0.25) is 0 Å². The number of nitrogens with two attached hydrogens (primary N) is 1. The van der Waals surface area contributed by atoms with Crippen molar-refractivity contribution < 1.29 is 9.90 Å². The summed E-state index contributed by atoms with van der Waals surface area (Å²) in [5.74, 6) is -0.641. The van der Waals surface area contributed by atoms with Crippen molar-refractivity contribution in [2.75, 3.05) is 5.73 Å². The zero-order valence-electron chi connectivity index (χ0n) is 9.82. The van der Waals surface area contributed by atoms with Crippen molar-refractivity contribution in [3.63, 3.8) is 0 Å². The molecule has 0 bridgehead atoms. The Kier molecular flexibility index (Phi) is 2.42.